The molecule has 0 aromatic heterocycles. The third-order valence-electron chi connectivity index (χ3n) is 5.45. The lowest BCUT2D eigenvalue weighted by Crippen LogP contribution is -2.43. The summed E-state index contributed by atoms with van der Waals surface area (Å²) < 4.78 is 0. The average molecular weight is 477 g/mol. The summed E-state index contributed by atoms with van der Waals surface area (Å²) in [6.45, 7) is 6.56. The molecule has 2 aromatic rings. The van der Waals surface area contributed by atoms with Gasteiger partial charge in [-0.25, -0.2) is 0 Å². The molecule has 1 saturated heterocycles. The second kappa shape index (κ2) is 13.9. The van der Waals surface area contributed by atoms with E-state index in [9.17, 15) is 19.6 Å². The first-order valence-corrected chi connectivity index (χ1v) is 12.0. The Kier molecular flexibility index (Phi) is 11.0. The molecule has 2 unspecified atom stereocenters. The fraction of sp³-hybridized carbons (Fsp3) is 0.429. The lowest BCUT2D eigenvalue weighted by molar-refractivity contribution is -0.139. The van der Waals surface area contributed by atoms with E-state index >= 15 is 0 Å². The minimum Gasteiger partial charge on any atom is -0.336 e. The van der Waals surface area contributed by atoms with E-state index in [0.29, 0.717) is 18.5 Å². The van der Waals surface area contributed by atoms with Crippen LogP contribution in [0.2, 0.25) is 0 Å². The molecule has 186 valence electrons. The Labute approximate surface area is 208 Å². The largest absolute Gasteiger partial charge is 0.336 e. The first-order valence-electron chi connectivity index (χ1n) is 12.0. The average Bonchev–Trinajstić information content (AvgIpc) is 3.28. The van der Waals surface area contributed by atoms with Crippen LogP contribution in [0.15, 0.2) is 60.7 Å². The van der Waals surface area contributed by atoms with Crippen LogP contribution in [-0.4, -0.2) is 53.7 Å². The molecule has 0 bridgehead atoms. The molecule has 1 aliphatic heterocycles. The molecule has 7 nitrogen and oxygen atoms in total. The lowest BCUT2D eigenvalue weighted by atomic mass is 10.1. The van der Waals surface area contributed by atoms with Crippen molar-refractivity contribution in [3.05, 3.63) is 66.2 Å². The number of anilines is 1. The van der Waals surface area contributed by atoms with Gasteiger partial charge in [-0.05, 0) is 36.5 Å². The molecule has 2 atom stereocenters. The smallest absolute Gasteiger partial charge is 0.243 e. The Hall–Kier alpha value is -3.66. The Balaban J connectivity index is 0.00000100. The van der Waals surface area contributed by atoms with Crippen LogP contribution in [0.4, 0.5) is 5.69 Å². The number of nitriles is 1. The number of hydrogen-bond acceptors (Lipinski definition) is 4. The summed E-state index contributed by atoms with van der Waals surface area (Å²) in [5.41, 5.74) is 1.74. The molecule has 1 heterocycles. The molecule has 1 fully saturated rings. The second-order valence-electron chi connectivity index (χ2n) is 9.45. The van der Waals surface area contributed by atoms with Crippen molar-refractivity contribution in [1.82, 2.24) is 9.80 Å². The standard InChI is InChI=1S/C24H26N4O3.C4H10/c1-27(22(29)13-12-18-8-4-2-5-9-18)17-23(30)28-16-19(14-21(28)15-25)24(31)26-20-10-6-3-7-11-20;1-4(2)3/h2-11,19,21H,12-14,16-17H2,1H3,(H,26,31);4H,1-3H3. The van der Waals surface area contributed by atoms with Gasteiger partial charge in [0.25, 0.3) is 0 Å². The Morgan fingerprint density at radius 1 is 1.06 bits per heavy atom. The van der Waals surface area contributed by atoms with Crippen molar-refractivity contribution in [2.24, 2.45) is 11.8 Å². The summed E-state index contributed by atoms with van der Waals surface area (Å²) in [6, 6.07) is 20.2. The highest BCUT2D eigenvalue weighted by Gasteiger charge is 2.39. The molecule has 7 heteroatoms. The zero-order valence-corrected chi connectivity index (χ0v) is 21.1. The highest BCUT2D eigenvalue weighted by molar-refractivity contribution is 5.94. The van der Waals surface area contributed by atoms with E-state index in [1.165, 1.54) is 9.80 Å². The third-order valence-corrected chi connectivity index (χ3v) is 5.45. The first kappa shape index (κ1) is 27.6. The van der Waals surface area contributed by atoms with E-state index in [-0.39, 0.29) is 37.2 Å². The van der Waals surface area contributed by atoms with Crippen LogP contribution in [0, 0.1) is 23.2 Å². The van der Waals surface area contributed by atoms with Crippen LogP contribution in [0.3, 0.4) is 0 Å². The fourth-order valence-electron chi connectivity index (χ4n) is 3.66. The molecule has 3 amide bonds. The van der Waals surface area contributed by atoms with Gasteiger partial charge in [-0.3, -0.25) is 14.4 Å². The molecular weight excluding hydrogens is 440 g/mol. The number of amides is 3. The van der Waals surface area contributed by atoms with Gasteiger partial charge in [0.2, 0.25) is 17.7 Å². The van der Waals surface area contributed by atoms with Crippen LogP contribution in [0.5, 0.6) is 0 Å². The highest BCUT2D eigenvalue weighted by atomic mass is 16.2. The molecule has 1 aliphatic rings. The summed E-state index contributed by atoms with van der Waals surface area (Å²) in [4.78, 5) is 40.6. The zero-order valence-electron chi connectivity index (χ0n) is 21.1. The predicted octanol–water partition coefficient (Wildman–Crippen LogP) is 4.12. The van der Waals surface area contributed by atoms with Crippen molar-refractivity contribution in [1.29, 1.82) is 5.26 Å². The maximum atomic E-state index is 12.8. The summed E-state index contributed by atoms with van der Waals surface area (Å²) in [6.07, 6.45) is 1.19. The van der Waals surface area contributed by atoms with E-state index in [0.717, 1.165) is 11.5 Å². The van der Waals surface area contributed by atoms with Crippen molar-refractivity contribution in [3.63, 3.8) is 0 Å². The van der Waals surface area contributed by atoms with Crippen LogP contribution in [0.1, 0.15) is 39.2 Å². The number of rotatable bonds is 7. The van der Waals surface area contributed by atoms with Gasteiger partial charge in [-0.2, -0.15) is 5.26 Å². The van der Waals surface area contributed by atoms with Gasteiger partial charge in [0.1, 0.15) is 6.04 Å². The minimum atomic E-state index is -0.674. The summed E-state index contributed by atoms with van der Waals surface area (Å²) >= 11 is 0. The molecule has 0 spiro atoms. The number of nitrogens with one attached hydrogen (secondary N) is 1. The van der Waals surface area contributed by atoms with E-state index < -0.39 is 12.0 Å². The monoisotopic (exact) mass is 476 g/mol. The molecule has 3 rings (SSSR count). The number of benzene rings is 2. The quantitative estimate of drug-likeness (QED) is 0.651. The van der Waals surface area contributed by atoms with Crippen molar-refractivity contribution in [2.45, 2.75) is 46.1 Å². The van der Waals surface area contributed by atoms with Crippen molar-refractivity contribution >= 4 is 23.4 Å². The number of carbonyl (C=O) groups excluding carboxylic acids is 3. The molecule has 35 heavy (non-hydrogen) atoms. The molecule has 0 radical (unpaired) electrons. The topological polar surface area (TPSA) is 93.5 Å². The highest BCUT2D eigenvalue weighted by Crippen LogP contribution is 2.25. The number of hydrogen-bond donors (Lipinski definition) is 1. The number of carbonyl (C=O) groups is 3. The minimum absolute atomic E-state index is 0.112. The summed E-state index contributed by atoms with van der Waals surface area (Å²) in [5, 5.41) is 12.3. The summed E-state index contributed by atoms with van der Waals surface area (Å²) in [5.74, 6) is -0.303. The van der Waals surface area contributed by atoms with Gasteiger partial charge in [-0.15, -0.1) is 0 Å². The molecule has 1 N–H and O–H groups in total. The Morgan fingerprint density at radius 2 is 1.63 bits per heavy atom. The third kappa shape index (κ3) is 9.24. The molecule has 0 aliphatic carbocycles. The maximum Gasteiger partial charge on any atom is 0.243 e. The second-order valence-corrected chi connectivity index (χ2v) is 9.45. The molecular formula is C28H36N4O3. The predicted molar refractivity (Wildman–Crippen MR) is 137 cm³/mol. The van der Waals surface area contributed by atoms with E-state index in [1.54, 1.807) is 19.2 Å². The van der Waals surface area contributed by atoms with E-state index in [4.69, 9.17) is 0 Å². The number of aryl methyl sites for hydroxylation is 1. The van der Waals surface area contributed by atoms with Crippen LogP contribution in [-0.2, 0) is 20.8 Å². The van der Waals surface area contributed by atoms with Gasteiger partial charge < -0.3 is 15.1 Å². The van der Waals surface area contributed by atoms with E-state index in [2.05, 4.69) is 32.2 Å². The Bertz CT molecular complexity index is 999. The Morgan fingerprint density at radius 3 is 2.20 bits per heavy atom. The first-order chi connectivity index (χ1) is 16.7. The van der Waals surface area contributed by atoms with Crippen molar-refractivity contribution in [3.8, 4) is 6.07 Å². The number of likely N-dealkylation sites (N-methyl/N-ethyl adjacent to an activating group) is 1. The van der Waals surface area contributed by atoms with Gasteiger partial charge >= 0.3 is 0 Å². The number of likely N-dealkylation sites (tertiary alicyclic amines) is 1. The van der Waals surface area contributed by atoms with Crippen molar-refractivity contribution < 1.29 is 14.4 Å². The fourth-order valence-corrected chi connectivity index (χ4v) is 3.66. The lowest BCUT2D eigenvalue weighted by Gasteiger charge is -2.24. The van der Waals surface area contributed by atoms with Gasteiger partial charge in [0.05, 0.1) is 18.5 Å². The van der Waals surface area contributed by atoms with Gasteiger partial charge in [0, 0.05) is 25.7 Å². The summed E-state index contributed by atoms with van der Waals surface area (Å²) in [7, 11) is 1.59. The zero-order chi connectivity index (χ0) is 25.8. The maximum absolute atomic E-state index is 12.8. The van der Waals surface area contributed by atoms with Crippen LogP contribution < -0.4 is 5.32 Å². The number of para-hydroxylation sites is 1. The number of nitrogens with zero attached hydrogens (tertiary/aromatic N) is 3. The van der Waals surface area contributed by atoms with Gasteiger partial charge in [0.15, 0.2) is 0 Å². The van der Waals surface area contributed by atoms with E-state index in [1.807, 2.05) is 48.5 Å². The SMILES string of the molecule is CC(C)C.CN(CC(=O)N1CC(C(=O)Nc2ccccc2)CC1C#N)C(=O)CCc1ccccc1. The molecule has 0 saturated carbocycles. The normalized spacial score (nSPS) is 16.6. The van der Waals surface area contributed by atoms with Crippen molar-refractivity contribution in [2.75, 3.05) is 25.5 Å². The molecule has 2 aromatic carbocycles. The van der Waals surface area contributed by atoms with Gasteiger partial charge in [-0.1, -0.05) is 69.3 Å². The van der Waals surface area contributed by atoms with Crippen LogP contribution >= 0.6 is 0 Å². The van der Waals surface area contributed by atoms with Crippen LogP contribution in [0.25, 0.3) is 0 Å².